The highest BCUT2D eigenvalue weighted by molar-refractivity contribution is 14.1. The molecule has 152 valence electrons. The Labute approximate surface area is 200 Å². The molecule has 1 aliphatic rings. The fraction of sp³-hybridized carbons (Fsp3) is 0.130. The summed E-state index contributed by atoms with van der Waals surface area (Å²) in [6, 6.07) is 19.0. The third kappa shape index (κ3) is 4.36. The molecule has 0 saturated carbocycles. The third-order valence-electron chi connectivity index (χ3n) is 4.88. The van der Waals surface area contributed by atoms with E-state index in [0.717, 1.165) is 12.7 Å². The molecule has 0 bridgehead atoms. The minimum Gasteiger partial charge on any atom is -0.486 e. The first-order valence-electron chi connectivity index (χ1n) is 9.26. The summed E-state index contributed by atoms with van der Waals surface area (Å²) in [7, 11) is 0. The van der Waals surface area contributed by atoms with E-state index in [4.69, 9.17) is 4.74 Å². The maximum Gasteiger partial charge on any atom is 0.261 e. The van der Waals surface area contributed by atoms with Crippen LogP contribution in [-0.2, 0) is 0 Å². The zero-order chi connectivity index (χ0) is 21.3. The van der Waals surface area contributed by atoms with Gasteiger partial charge in [0, 0.05) is 25.7 Å². The molecule has 0 aliphatic carbocycles. The van der Waals surface area contributed by atoms with Gasteiger partial charge < -0.3 is 4.74 Å². The second-order valence-electron chi connectivity index (χ2n) is 6.83. The second-order valence-corrected chi connectivity index (χ2v) is 9.23. The molecule has 7 heteroatoms. The molecule has 0 N–H and O–H groups in total. The number of fused-ring (bicyclic) bond motifs is 1. The summed E-state index contributed by atoms with van der Waals surface area (Å²) >= 11 is 4.29. The molecule has 0 spiro atoms. The van der Waals surface area contributed by atoms with Crippen molar-refractivity contribution < 1.29 is 18.7 Å². The Morgan fingerprint density at radius 2 is 1.60 bits per heavy atom. The fourth-order valence-corrected chi connectivity index (χ4v) is 4.77. The van der Waals surface area contributed by atoms with E-state index in [1.165, 1.54) is 17.0 Å². The normalized spacial score (nSPS) is 14.0. The average Bonchev–Trinajstić information content (AvgIpc) is 2.96. The number of halogens is 3. The molecule has 3 aromatic rings. The molecule has 0 saturated heterocycles. The van der Waals surface area contributed by atoms with Gasteiger partial charge in [0.25, 0.3) is 11.8 Å². The van der Waals surface area contributed by atoms with Crippen LogP contribution in [0.25, 0.3) is 0 Å². The molecule has 0 aromatic heterocycles. The average molecular weight is 627 g/mol. The summed E-state index contributed by atoms with van der Waals surface area (Å²) in [5.41, 5.74) is 1.66. The summed E-state index contributed by atoms with van der Waals surface area (Å²) in [5.74, 6) is -0.235. The molecule has 2 amide bonds. The molecular weight excluding hydrogens is 611 g/mol. The van der Waals surface area contributed by atoms with E-state index in [1.807, 2.05) is 24.3 Å². The fourth-order valence-electron chi connectivity index (χ4n) is 3.43. The number of ether oxygens (including phenoxy) is 1. The molecule has 30 heavy (non-hydrogen) atoms. The third-order valence-corrected chi connectivity index (χ3v) is 6.48. The van der Waals surface area contributed by atoms with Gasteiger partial charge in [-0.1, -0.05) is 24.3 Å². The highest BCUT2D eigenvalue weighted by Gasteiger charge is 2.35. The zero-order valence-electron chi connectivity index (χ0n) is 15.6. The van der Waals surface area contributed by atoms with Gasteiger partial charge in [0.1, 0.15) is 17.7 Å². The molecule has 4 nitrogen and oxygen atoms in total. The summed E-state index contributed by atoms with van der Waals surface area (Å²) in [4.78, 5) is 26.6. The molecule has 1 heterocycles. The number of nitrogens with zero attached hydrogens (tertiary/aromatic N) is 1. The van der Waals surface area contributed by atoms with Crippen molar-refractivity contribution >= 4 is 57.0 Å². The topological polar surface area (TPSA) is 46.6 Å². The van der Waals surface area contributed by atoms with E-state index < -0.39 is 6.10 Å². The lowest BCUT2D eigenvalue weighted by Gasteiger charge is -2.23. The summed E-state index contributed by atoms with van der Waals surface area (Å²) in [6.07, 6.45) is -0.0570. The predicted molar refractivity (Wildman–Crippen MR) is 128 cm³/mol. The Morgan fingerprint density at radius 3 is 2.23 bits per heavy atom. The first kappa shape index (κ1) is 21.2. The number of hydrogen-bond donors (Lipinski definition) is 0. The van der Waals surface area contributed by atoms with Crippen LogP contribution in [0.15, 0.2) is 66.7 Å². The van der Waals surface area contributed by atoms with Crippen LogP contribution in [-0.4, -0.2) is 23.3 Å². The standard InChI is InChI=1S/C23H16FI2NO3/c24-14-8-9-19(20(26)12-14)21(30-16-5-3-4-15(25)13-16)10-11-27-22(28)17-6-1-2-7-18(17)23(27)29/h1-9,12-13,21H,10-11H2. The van der Waals surface area contributed by atoms with Gasteiger partial charge in [-0.3, -0.25) is 14.5 Å². The van der Waals surface area contributed by atoms with Crippen LogP contribution in [0.5, 0.6) is 5.75 Å². The van der Waals surface area contributed by atoms with Crippen molar-refractivity contribution in [1.82, 2.24) is 4.90 Å². The summed E-state index contributed by atoms with van der Waals surface area (Å²) < 4.78 is 21.6. The first-order valence-corrected chi connectivity index (χ1v) is 11.4. The van der Waals surface area contributed by atoms with E-state index in [9.17, 15) is 14.0 Å². The first-order chi connectivity index (χ1) is 14.4. The van der Waals surface area contributed by atoms with Crippen molar-refractivity contribution in [2.45, 2.75) is 12.5 Å². The van der Waals surface area contributed by atoms with E-state index in [0.29, 0.717) is 23.3 Å². The minimum absolute atomic E-state index is 0.203. The largest absolute Gasteiger partial charge is 0.486 e. The van der Waals surface area contributed by atoms with Gasteiger partial charge in [-0.05, 0) is 87.6 Å². The van der Waals surface area contributed by atoms with Crippen LogP contribution in [0.2, 0.25) is 0 Å². The van der Waals surface area contributed by atoms with Crippen molar-refractivity contribution in [1.29, 1.82) is 0 Å². The Bertz CT molecular complexity index is 1100. The molecular formula is C23H16FI2NO3. The van der Waals surface area contributed by atoms with Crippen LogP contribution in [0.3, 0.4) is 0 Å². The highest BCUT2D eigenvalue weighted by Crippen LogP contribution is 2.31. The summed E-state index contributed by atoms with van der Waals surface area (Å²) in [6.45, 7) is 0.203. The smallest absolute Gasteiger partial charge is 0.261 e. The van der Waals surface area contributed by atoms with Gasteiger partial charge in [-0.25, -0.2) is 4.39 Å². The number of rotatable bonds is 6. The lowest BCUT2D eigenvalue weighted by Crippen LogP contribution is -2.32. The van der Waals surface area contributed by atoms with Gasteiger partial charge in [0.2, 0.25) is 0 Å². The van der Waals surface area contributed by atoms with Crippen LogP contribution in [0, 0.1) is 13.0 Å². The monoisotopic (exact) mass is 627 g/mol. The lowest BCUT2D eigenvalue weighted by molar-refractivity contribution is 0.0629. The number of carbonyl (C=O) groups excluding carboxylic acids is 2. The predicted octanol–water partition coefficient (Wildman–Crippen LogP) is 5.84. The molecule has 0 radical (unpaired) electrons. The van der Waals surface area contributed by atoms with Gasteiger partial charge in [0.05, 0.1) is 11.1 Å². The highest BCUT2D eigenvalue weighted by atomic mass is 127. The minimum atomic E-state index is -0.444. The lowest BCUT2D eigenvalue weighted by atomic mass is 10.1. The number of hydrogen-bond acceptors (Lipinski definition) is 3. The maximum atomic E-state index is 13.6. The van der Waals surface area contributed by atoms with Crippen molar-refractivity contribution in [2.24, 2.45) is 0 Å². The number of benzene rings is 3. The number of carbonyl (C=O) groups is 2. The molecule has 4 rings (SSSR count). The van der Waals surface area contributed by atoms with Gasteiger partial charge in [-0.2, -0.15) is 0 Å². The van der Waals surface area contributed by atoms with Crippen molar-refractivity contribution in [3.63, 3.8) is 0 Å². The van der Waals surface area contributed by atoms with E-state index in [1.54, 1.807) is 30.3 Å². The van der Waals surface area contributed by atoms with Gasteiger partial charge in [0.15, 0.2) is 0 Å². The molecule has 0 fully saturated rings. The van der Waals surface area contributed by atoms with Crippen LogP contribution >= 0.6 is 45.2 Å². The quantitative estimate of drug-likeness (QED) is 0.255. The van der Waals surface area contributed by atoms with Crippen molar-refractivity contribution in [2.75, 3.05) is 6.54 Å². The van der Waals surface area contributed by atoms with Crippen LogP contribution in [0.4, 0.5) is 4.39 Å². The SMILES string of the molecule is O=C1c2ccccc2C(=O)N1CCC(Oc1cccc(I)c1)c1ccc(F)cc1I. The molecule has 1 atom stereocenters. The van der Waals surface area contributed by atoms with E-state index >= 15 is 0 Å². The maximum absolute atomic E-state index is 13.6. The van der Waals surface area contributed by atoms with Gasteiger partial charge >= 0.3 is 0 Å². The van der Waals surface area contributed by atoms with Crippen molar-refractivity contribution in [3.8, 4) is 5.75 Å². The second kappa shape index (κ2) is 9.01. The molecule has 3 aromatic carbocycles. The Balaban J connectivity index is 1.59. The molecule has 1 unspecified atom stereocenters. The van der Waals surface area contributed by atoms with Gasteiger partial charge in [-0.15, -0.1) is 0 Å². The van der Waals surface area contributed by atoms with E-state index in [-0.39, 0.29) is 24.2 Å². The van der Waals surface area contributed by atoms with Crippen molar-refractivity contribution in [3.05, 3.63) is 96.4 Å². The van der Waals surface area contributed by atoms with Crippen LogP contribution < -0.4 is 4.74 Å². The summed E-state index contributed by atoms with van der Waals surface area (Å²) in [5, 5.41) is 0. The molecule has 1 aliphatic heterocycles. The Hall–Kier alpha value is -2.01. The number of amides is 2. The number of imide groups is 1. The zero-order valence-corrected chi connectivity index (χ0v) is 20.0. The van der Waals surface area contributed by atoms with Crippen LogP contribution in [0.1, 0.15) is 38.8 Å². The Morgan fingerprint density at radius 1 is 0.900 bits per heavy atom. The Kier molecular flexibility index (Phi) is 6.37. The van der Waals surface area contributed by atoms with E-state index in [2.05, 4.69) is 45.2 Å².